The van der Waals surface area contributed by atoms with Crippen LogP contribution in [0.1, 0.15) is 47.2 Å². The number of nitrogens with one attached hydrogen (secondary N) is 1. The van der Waals surface area contributed by atoms with Gasteiger partial charge in [-0.3, -0.25) is 0 Å². The fourth-order valence-electron chi connectivity index (χ4n) is 3.14. The number of aryl methyl sites for hydroxylation is 2. The molecule has 1 N–H and O–H groups in total. The van der Waals surface area contributed by atoms with E-state index in [-0.39, 0.29) is 5.82 Å². The van der Waals surface area contributed by atoms with E-state index in [9.17, 15) is 4.39 Å². The van der Waals surface area contributed by atoms with Crippen LogP contribution >= 0.6 is 0 Å². The molecule has 21 heavy (non-hydrogen) atoms. The molecule has 1 aromatic carbocycles. The largest absolute Gasteiger partial charge is 0.310 e. The maximum atomic E-state index is 13.2. The molecule has 1 fully saturated rings. The van der Waals surface area contributed by atoms with E-state index in [0.717, 1.165) is 35.7 Å². The minimum absolute atomic E-state index is 0.215. The van der Waals surface area contributed by atoms with Crippen LogP contribution in [0.3, 0.4) is 0 Å². The fourth-order valence-corrected chi connectivity index (χ4v) is 3.14. The van der Waals surface area contributed by atoms with Crippen molar-refractivity contribution in [2.75, 3.05) is 6.54 Å². The Bertz CT molecular complexity index is 625. The van der Waals surface area contributed by atoms with E-state index < -0.39 is 0 Å². The van der Waals surface area contributed by atoms with Gasteiger partial charge in [-0.05, 0) is 50.9 Å². The lowest BCUT2D eigenvalue weighted by molar-refractivity contribution is 0.623. The molecule has 2 heterocycles. The lowest BCUT2D eigenvalue weighted by atomic mass is 10.0. The molecule has 1 aromatic heterocycles. The Morgan fingerprint density at radius 3 is 2.62 bits per heavy atom. The van der Waals surface area contributed by atoms with Gasteiger partial charge in [0.15, 0.2) is 0 Å². The zero-order valence-corrected chi connectivity index (χ0v) is 12.5. The molecule has 110 valence electrons. The maximum absolute atomic E-state index is 13.2. The molecule has 0 saturated carbocycles. The number of halogens is 1. The van der Waals surface area contributed by atoms with Crippen molar-refractivity contribution in [2.24, 2.45) is 0 Å². The number of nitrogens with zero attached hydrogens (tertiary/aromatic N) is 2. The zero-order chi connectivity index (χ0) is 14.8. The van der Waals surface area contributed by atoms with Gasteiger partial charge in [0.05, 0.1) is 0 Å². The van der Waals surface area contributed by atoms with Crippen molar-refractivity contribution in [2.45, 2.75) is 39.2 Å². The Hall–Kier alpha value is -1.81. The number of benzene rings is 1. The summed E-state index contributed by atoms with van der Waals surface area (Å²) < 4.78 is 13.2. The molecule has 1 unspecified atom stereocenters. The summed E-state index contributed by atoms with van der Waals surface area (Å²) in [5.74, 6) is 0.546. The summed E-state index contributed by atoms with van der Waals surface area (Å²) in [4.78, 5) is 9.26. The lowest BCUT2D eigenvalue weighted by Crippen LogP contribution is -2.17. The second-order valence-corrected chi connectivity index (χ2v) is 5.68. The molecule has 3 rings (SSSR count). The molecule has 0 bridgehead atoms. The predicted octanol–water partition coefficient (Wildman–Crippen LogP) is 3.25. The third kappa shape index (κ3) is 3.10. The first kappa shape index (κ1) is 14.1. The lowest BCUT2D eigenvalue weighted by Gasteiger charge is -2.16. The number of rotatable bonds is 3. The van der Waals surface area contributed by atoms with Crippen LogP contribution < -0.4 is 5.32 Å². The van der Waals surface area contributed by atoms with Crippen LogP contribution in [0.15, 0.2) is 24.3 Å². The molecular formula is C17H20FN3. The second-order valence-electron chi connectivity index (χ2n) is 5.68. The highest BCUT2D eigenvalue weighted by Gasteiger charge is 2.21. The molecule has 1 aliphatic rings. The summed E-state index contributed by atoms with van der Waals surface area (Å²) in [6.07, 6.45) is 2.92. The predicted molar refractivity (Wildman–Crippen MR) is 80.7 cm³/mol. The first-order valence-corrected chi connectivity index (χ1v) is 7.45. The molecule has 1 saturated heterocycles. The minimum Gasteiger partial charge on any atom is -0.310 e. The van der Waals surface area contributed by atoms with E-state index in [1.165, 1.54) is 18.1 Å². The summed E-state index contributed by atoms with van der Waals surface area (Å²) >= 11 is 0. The molecule has 3 nitrogen and oxygen atoms in total. The van der Waals surface area contributed by atoms with Crippen molar-refractivity contribution in [1.82, 2.24) is 15.3 Å². The average molecular weight is 285 g/mol. The van der Waals surface area contributed by atoms with Gasteiger partial charge in [0.1, 0.15) is 11.6 Å². The van der Waals surface area contributed by atoms with Crippen molar-refractivity contribution >= 4 is 0 Å². The summed E-state index contributed by atoms with van der Waals surface area (Å²) in [5, 5.41) is 3.50. The first-order chi connectivity index (χ1) is 10.1. The van der Waals surface area contributed by atoms with Gasteiger partial charge in [0.2, 0.25) is 0 Å². The van der Waals surface area contributed by atoms with Crippen LogP contribution in [0.5, 0.6) is 0 Å². The van der Waals surface area contributed by atoms with Gasteiger partial charge >= 0.3 is 0 Å². The number of hydrogen-bond donors (Lipinski definition) is 1. The van der Waals surface area contributed by atoms with Gasteiger partial charge in [-0.25, -0.2) is 14.4 Å². The van der Waals surface area contributed by atoms with Crippen LogP contribution in [0.25, 0.3) is 0 Å². The van der Waals surface area contributed by atoms with Gasteiger partial charge < -0.3 is 5.32 Å². The standard InChI is InChI=1S/C17H20FN3/c1-11-17(15-7-4-8-19-15)12(2)21-16(20-11)10-13-5-3-6-14(18)9-13/h3,5-6,9,15,19H,4,7-8,10H2,1-2H3. The Morgan fingerprint density at radius 2 is 2.00 bits per heavy atom. The van der Waals surface area contributed by atoms with Crippen molar-refractivity contribution in [1.29, 1.82) is 0 Å². The van der Waals surface area contributed by atoms with Gasteiger partial charge in [-0.1, -0.05) is 12.1 Å². The van der Waals surface area contributed by atoms with Crippen molar-refractivity contribution in [3.63, 3.8) is 0 Å². The quantitative estimate of drug-likeness (QED) is 0.940. The SMILES string of the molecule is Cc1nc(Cc2cccc(F)c2)nc(C)c1C1CCCN1. The molecule has 0 amide bonds. The smallest absolute Gasteiger partial charge is 0.133 e. The summed E-state index contributed by atoms with van der Waals surface area (Å²) in [7, 11) is 0. The van der Waals surface area contributed by atoms with Crippen molar-refractivity contribution < 1.29 is 4.39 Å². The first-order valence-electron chi connectivity index (χ1n) is 7.45. The molecule has 0 radical (unpaired) electrons. The summed E-state index contributed by atoms with van der Waals surface area (Å²) in [6.45, 7) is 5.15. The van der Waals surface area contributed by atoms with Crippen LogP contribution in [-0.4, -0.2) is 16.5 Å². The fraction of sp³-hybridized carbons (Fsp3) is 0.412. The highest BCUT2D eigenvalue weighted by molar-refractivity contribution is 5.30. The molecule has 2 aromatic rings. The number of hydrogen-bond acceptors (Lipinski definition) is 3. The summed E-state index contributed by atoms with van der Waals surface area (Å²) in [5.41, 5.74) is 4.21. The molecule has 0 spiro atoms. The molecule has 1 aliphatic heterocycles. The third-order valence-corrected chi connectivity index (χ3v) is 4.03. The highest BCUT2D eigenvalue weighted by atomic mass is 19.1. The van der Waals surface area contributed by atoms with Crippen LogP contribution in [-0.2, 0) is 6.42 Å². The van der Waals surface area contributed by atoms with E-state index in [2.05, 4.69) is 15.3 Å². The average Bonchev–Trinajstić information content (AvgIpc) is 2.91. The van der Waals surface area contributed by atoms with Gasteiger partial charge in [0, 0.05) is 29.4 Å². The van der Waals surface area contributed by atoms with E-state index >= 15 is 0 Å². The molecule has 1 atom stereocenters. The molecule has 0 aliphatic carbocycles. The monoisotopic (exact) mass is 285 g/mol. The normalized spacial score (nSPS) is 18.1. The van der Waals surface area contributed by atoms with Crippen LogP contribution in [0, 0.1) is 19.7 Å². The van der Waals surface area contributed by atoms with Gasteiger partial charge in [-0.15, -0.1) is 0 Å². The topological polar surface area (TPSA) is 37.8 Å². The van der Waals surface area contributed by atoms with Gasteiger partial charge in [-0.2, -0.15) is 0 Å². The Labute approximate surface area is 124 Å². The van der Waals surface area contributed by atoms with Crippen molar-refractivity contribution in [3.05, 3.63) is 58.4 Å². The Morgan fingerprint density at radius 1 is 1.24 bits per heavy atom. The number of aromatic nitrogens is 2. The van der Waals surface area contributed by atoms with Crippen LogP contribution in [0.2, 0.25) is 0 Å². The van der Waals surface area contributed by atoms with Crippen LogP contribution in [0.4, 0.5) is 4.39 Å². The Kier molecular flexibility index (Phi) is 3.97. The van der Waals surface area contributed by atoms with E-state index in [1.54, 1.807) is 12.1 Å². The van der Waals surface area contributed by atoms with Gasteiger partial charge in [0.25, 0.3) is 0 Å². The summed E-state index contributed by atoms with van der Waals surface area (Å²) in [6, 6.07) is 7.01. The molecular weight excluding hydrogens is 265 g/mol. The molecule has 4 heteroatoms. The Balaban J connectivity index is 1.87. The maximum Gasteiger partial charge on any atom is 0.133 e. The van der Waals surface area contributed by atoms with E-state index in [4.69, 9.17) is 0 Å². The third-order valence-electron chi connectivity index (χ3n) is 4.03. The second kappa shape index (κ2) is 5.90. The zero-order valence-electron chi connectivity index (χ0n) is 12.5. The minimum atomic E-state index is -0.215. The highest BCUT2D eigenvalue weighted by Crippen LogP contribution is 2.27. The van der Waals surface area contributed by atoms with E-state index in [0.29, 0.717) is 12.5 Å². The van der Waals surface area contributed by atoms with E-state index in [1.807, 2.05) is 19.9 Å². The van der Waals surface area contributed by atoms with Crippen molar-refractivity contribution in [3.8, 4) is 0 Å².